The number of hydrogen-bond acceptors (Lipinski definition) is 5. The van der Waals surface area contributed by atoms with Crippen LogP contribution in [0.5, 0.6) is 0 Å². The van der Waals surface area contributed by atoms with Crippen LogP contribution >= 0.6 is 0 Å². The highest BCUT2D eigenvalue weighted by atomic mass is 32.2. The van der Waals surface area contributed by atoms with Crippen molar-refractivity contribution in [1.29, 1.82) is 0 Å². The molecule has 0 bridgehead atoms. The Balaban J connectivity index is 1.97. The van der Waals surface area contributed by atoms with Crippen LogP contribution in [0, 0.1) is 24.4 Å². The normalized spacial score (nSPS) is 11.3. The van der Waals surface area contributed by atoms with Gasteiger partial charge in [0.1, 0.15) is 5.82 Å². The van der Waals surface area contributed by atoms with Gasteiger partial charge in [0.05, 0.1) is 22.3 Å². The maximum atomic E-state index is 14.8. The lowest BCUT2D eigenvalue weighted by Gasteiger charge is -2.11. The van der Waals surface area contributed by atoms with Crippen LogP contribution in [-0.2, 0) is 17.3 Å². The predicted molar refractivity (Wildman–Crippen MR) is 101 cm³/mol. The zero-order valence-corrected chi connectivity index (χ0v) is 16.1. The molecule has 0 unspecified atom stereocenters. The summed E-state index contributed by atoms with van der Waals surface area (Å²) in [7, 11) is -2.81. The first-order valence-corrected chi connectivity index (χ1v) is 9.78. The van der Waals surface area contributed by atoms with E-state index in [4.69, 9.17) is 0 Å². The smallest absolute Gasteiger partial charge is 0.201 e. The fourth-order valence-electron chi connectivity index (χ4n) is 2.88. The summed E-state index contributed by atoms with van der Waals surface area (Å²) in [6, 6.07) is 4.84. The molecule has 10 heteroatoms. The number of nitrogens with one attached hydrogen (secondary N) is 1. The van der Waals surface area contributed by atoms with E-state index in [-0.39, 0.29) is 30.5 Å². The zero-order chi connectivity index (χ0) is 21.1. The molecule has 0 aliphatic heterocycles. The quantitative estimate of drug-likeness (QED) is 0.264. The van der Waals surface area contributed by atoms with E-state index in [0.717, 1.165) is 0 Å². The van der Waals surface area contributed by atoms with Crippen molar-refractivity contribution in [2.75, 3.05) is 6.54 Å². The van der Waals surface area contributed by atoms with E-state index < -0.39 is 39.7 Å². The molecule has 0 aliphatic carbocycles. The molecule has 0 saturated carbocycles. The fourth-order valence-corrected chi connectivity index (χ4v) is 3.22. The minimum atomic E-state index is -2.81. The first-order chi connectivity index (χ1) is 13.8. The average molecular weight is 423 g/mol. The summed E-state index contributed by atoms with van der Waals surface area (Å²) in [6.07, 6.45) is 1.60. The maximum absolute atomic E-state index is 14.8. The number of benzene rings is 2. The first kappa shape index (κ1) is 20.9. The molecule has 0 atom stereocenters. The van der Waals surface area contributed by atoms with Crippen molar-refractivity contribution in [2.24, 2.45) is 0 Å². The van der Waals surface area contributed by atoms with Gasteiger partial charge in [-0.15, -0.1) is 0 Å². The third-order valence-electron chi connectivity index (χ3n) is 4.25. The van der Waals surface area contributed by atoms with Crippen molar-refractivity contribution in [1.82, 2.24) is 14.7 Å². The number of fused-ring (bicyclic) bond motifs is 1. The molecule has 0 fully saturated rings. The van der Waals surface area contributed by atoms with Gasteiger partial charge in [0, 0.05) is 18.3 Å². The molecule has 0 amide bonds. The second-order valence-electron chi connectivity index (χ2n) is 6.33. The Kier molecular flexibility index (Phi) is 6.23. The summed E-state index contributed by atoms with van der Waals surface area (Å²) >= 11 is 0. The van der Waals surface area contributed by atoms with Gasteiger partial charge < -0.3 is 0 Å². The predicted octanol–water partition coefficient (Wildman–Crippen LogP) is 2.64. The van der Waals surface area contributed by atoms with Crippen LogP contribution in [0.2, 0.25) is 0 Å². The van der Waals surface area contributed by atoms with Crippen molar-refractivity contribution in [3.05, 3.63) is 70.3 Å². The van der Waals surface area contributed by atoms with E-state index in [1.165, 1.54) is 18.2 Å². The molecule has 29 heavy (non-hydrogen) atoms. The number of carbonyl (C=O) groups is 1. The second-order valence-corrected chi connectivity index (χ2v) is 7.16. The number of thiol groups is 1. The molecule has 1 aromatic heterocycles. The van der Waals surface area contributed by atoms with E-state index >= 15 is 0 Å². The molecular weight excluding hydrogens is 407 g/mol. The molecule has 0 aliphatic rings. The van der Waals surface area contributed by atoms with Crippen molar-refractivity contribution in [2.45, 2.75) is 19.8 Å². The standard InChI is InChI=1S/C19H16F3N3O3S/c1-10-9-23-14-5-4-12(8-15(14)25-10)19(26)16-17(21)11(7-13(20)18(16)22)3-2-6-24-29(27)28/h4-5,7-9,29H,2-3,6H2,1H3,(H,24,27,28). The van der Waals surface area contributed by atoms with E-state index in [0.29, 0.717) is 22.8 Å². The number of nitrogens with zero attached hydrogens (tertiary/aromatic N) is 2. The summed E-state index contributed by atoms with van der Waals surface area (Å²) in [5.41, 5.74) is 0.190. The highest BCUT2D eigenvalue weighted by molar-refractivity contribution is 7.70. The van der Waals surface area contributed by atoms with Gasteiger partial charge in [-0.25, -0.2) is 31.3 Å². The summed E-state index contributed by atoms with van der Waals surface area (Å²) in [4.78, 5) is 21.1. The molecule has 6 nitrogen and oxygen atoms in total. The molecule has 2 aromatic carbocycles. The highest BCUT2D eigenvalue weighted by Crippen LogP contribution is 2.25. The minimum absolute atomic E-state index is 0.00309. The molecule has 3 rings (SSSR count). The zero-order valence-electron chi connectivity index (χ0n) is 15.2. The van der Waals surface area contributed by atoms with Crippen LogP contribution in [0.4, 0.5) is 13.2 Å². The van der Waals surface area contributed by atoms with Crippen LogP contribution in [0.1, 0.15) is 33.6 Å². The van der Waals surface area contributed by atoms with E-state index in [1.54, 1.807) is 13.1 Å². The van der Waals surface area contributed by atoms with Crippen LogP contribution in [0.3, 0.4) is 0 Å². The number of aryl methyl sites for hydroxylation is 2. The average Bonchev–Trinajstić information content (AvgIpc) is 2.68. The number of rotatable bonds is 7. The van der Waals surface area contributed by atoms with Gasteiger partial charge in [0.2, 0.25) is 10.9 Å². The molecule has 0 saturated heterocycles. The van der Waals surface area contributed by atoms with Gasteiger partial charge in [-0.05, 0) is 49.6 Å². The van der Waals surface area contributed by atoms with Gasteiger partial charge in [-0.1, -0.05) is 0 Å². The number of hydrogen-bond donors (Lipinski definition) is 2. The van der Waals surface area contributed by atoms with Gasteiger partial charge in [0.15, 0.2) is 17.4 Å². The third kappa shape index (κ3) is 4.60. The number of ketones is 1. The molecule has 0 spiro atoms. The summed E-state index contributed by atoms with van der Waals surface area (Å²) in [6.45, 7) is 1.71. The van der Waals surface area contributed by atoms with Crippen LogP contribution in [0.25, 0.3) is 11.0 Å². The fraction of sp³-hybridized carbons (Fsp3) is 0.211. The Labute approximate surface area is 165 Å². The number of halogens is 3. The molecule has 3 aromatic rings. The van der Waals surface area contributed by atoms with E-state index in [2.05, 4.69) is 14.7 Å². The lowest BCUT2D eigenvalue weighted by Crippen LogP contribution is -2.15. The lowest BCUT2D eigenvalue weighted by atomic mass is 9.97. The van der Waals surface area contributed by atoms with Crippen molar-refractivity contribution in [3.8, 4) is 0 Å². The van der Waals surface area contributed by atoms with Crippen molar-refractivity contribution >= 4 is 27.7 Å². The summed E-state index contributed by atoms with van der Waals surface area (Å²) in [5.74, 6) is -5.13. The molecule has 1 heterocycles. The largest absolute Gasteiger partial charge is 0.288 e. The van der Waals surface area contributed by atoms with Crippen molar-refractivity contribution < 1.29 is 26.4 Å². The van der Waals surface area contributed by atoms with Crippen LogP contribution < -0.4 is 4.72 Å². The summed E-state index contributed by atoms with van der Waals surface area (Å²) in [5, 5.41) is 0. The molecule has 1 N–H and O–H groups in total. The minimum Gasteiger partial charge on any atom is -0.288 e. The Morgan fingerprint density at radius 2 is 1.86 bits per heavy atom. The van der Waals surface area contributed by atoms with Crippen molar-refractivity contribution in [3.63, 3.8) is 0 Å². The van der Waals surface area contributed by atoms with Gasteiger partial charge in [-0.3, -0.25) is 9.78 Å². The SMILES string of the molecule is Cc1cnc2ccc(C(=O)c3c(F)c(F)cc(CCCN[SH](=O)=O)c3F)cc2n1. The molecule has 152 valence electrons. The Morgan fingerprint density at radius 1 is 1.10 bits per heavy atom. The van der Waals surface area contributed by atoms with Crippen LogP contribution in [-0.4, -0.2) is 30.7 Å². The van der Waals surface area contributed by atoms with Gasteiger partial charge >= 0.3 is 0 Å². The monoisotopic (exact) mass is 423 g/mol. The second kappa shape index (κ2) is 8.66. The van der Waals surface area contributed by atoms with E-state index in [9.17, 15) is 26.4 Å². The van der Waals surface area contributed by atoms with Crippen LogP contribution in [0.15, 0.2) is 30.5 Å². The van der Waals surface area contributed by atoms with E-state index in [1.807, 2.05) is 0 Å². The Hall–Kier alpha value is -2.85. The van der Waals surface area contributed by atoms with Gasteiger partial charge in [0.25, 0.3) is 0 Å². The maximum Gasteiger partial charge on any atom is 0.201 e. The molecular formula is C19H16F3N3O3S. The number of aromatic nitrogens is 2. The number of carbonyl (C=O) groups excluding carboxylic acids is 1. The summed E-state index contributed by atoms with van der Waals surface area (Å²) < 4.78 is 66.2. The highest BCUT2D eigenvalue weighted by Gasteiger charge is 2.25. The topological polar surface area (TPSA) is 89.0 Å². The third-order valence-corrected chi connectivity index (χ3v) is 4.73. The molecule has 0 radical (unpaired) electrons. The first-order valence-electron chi connectivity index (χ1n) is 8.60. The Bertz CT molecular complexity index is 1170. The Morgan fingerprint density at radius 3 is 2.59 bits per heavy atom. The lowest BCUT2D eigenvalue weighted by molar-refractivity contribution is 0.102. The van der Waals surface area contributed by atoms with Gasteiger partial charge in [-0.2, -0.15) is 0 Å².